The van der Waals surface area contributed by atoms with E-state index in [0.717, 1.165) is 50.0 Å². The van der Waals surface area contributed by atoms with Gasteiger partial charge in [0, 0.05) is 30.1 Å². The number of anilines is 1. The first-order valence-electron chi connectivity index (χ1n) is 17.9. The smallest absolute Gasteiger partial charge is 0.211 e. The summed E-state index contributed by atoms with van der Waals surface area (Å²) in [5.74, 6) is 1.28. The van der Waals surface area contributed by atoms with Gasteiger partial charge in [-0.1, -0.05) is 60.7 Å². The lowest BCUT2D eigenvalue weighted by Crippen LogP contribution is -2.38. The molecule has 268 valence electrons. The molecule has 0 aliphatic heterocycles. The van der Waals surface area contributed by atoms with E-state index in [4.69, 9.17) is 4.74 Å². The van der Waals surface area contributed by atoms with Gasteiger partial charge in [0.05, 0.1) is 18.4 Å². The first kappa shape index (κ1) is 38.4. The molecule has 8 heteroatoms. The molecule has 0 radical (unpaired) electrons. The maximum Gasteiger partial charge on any atom is 0.211 e. The van der Waals surface area contributed by atoms with Crippen molar-refractivity contribution in [3.8, 4) is 17.2 Å². The number of hydrogen-bond donors (Lipinski definition) is 5. The number of nitrogens with one attached hydrogen (secondary N) is 2. The Balaban J connectivity index is 1.21. The van der Waals surface area contributed by atoms with E-state index in [0.29, 0.717) is 49.5 Å². The lowest BCUT2D eigenvalue weighted by Gasteiger charge is -2.32. The summed E-state index contributed by atoms with van der Waals surface area (Å²) in [5, 5.41) is 37.0. The fourth-order valence-corrected chi connectivity index (χ4v) is 6.52. The highest BCUT2D eigenvalue weighted by molar-refractivity contribution is 5.75. The highest BCUT2D eigenvalue weighted by Crippen LogP contribution is 2.35. The molecule has 0 fully saturated rings. The van der Waals surface area contributed by atoms with Crippen LogP contribution in [-0.2, 0) is 17.6 Å². The summed E-state index contributed by atoms with van der Waals surface area (Å²) < 4.78 is 6.03. The second kappa shape index (κ2) is 19.7. The van der Waals surface area contributed by atoms with E-state index in [1.807, 2.05) is 30.3 Å². The summed E-state index contributed by atoms with van der Waals surface area (Å²) in [6.45, 7) is 11.6. The Morgan fingerprint density at radius 3 is 2.18 bits per heavy atom. The molecule has 2 atom stereocenters. The van der Waals surface area contributed by atoms with Crippen LogP contribution >= 0.6 is 0 Å². The van der Waals surface area contributed by atoms with Crippen molar-refractivity contribution >= 4 is 12.1 Å². The highest BCUT2D eigenvalue weighted by atomic mass is 16.5. The van der Waals surface area contributed by atoms with Gasteiger partial charge in [0.1, 0.15) is 17.2 Å². The molecule has 0 aliphatic rings. The Kier molecular flexibility index (Phi) is 15.2. The number of amides is 1. The minimum atomic E-state index is -0.767. The number of aromatic hydroxyl groups is 2. The van der Waals surface area contributed by atoms with E-state index in [1.165, 1.54) is 22.8 Å². The van der Waals surface area contributed by atoms with Crippen LogP contribution in [0, 0.1) is 0 Å². The molecule has 0 aliphatic carbocycles. The molecule has 50 heavy (non-hydrogen) atoms. The molecule has 0 saturated carbocycles. The molecular formula is C42H55N3O5. The van der Waals surface area contributed by atoms with Gasteiger partial charge in [0.2, 0.25) is 6.41 Å². The van der Waals surface area contributed by atoms with Gasteiger partial charge in [0.15, 0.2) is 0 Å². The number of aliphatic hydroxyl groups excluding tert-OH is 1. The van der Waals surface area contributed by atoms with Gasteiger partial charge >= 0.3 is 0 Å². The van der Waals surface area contributed by atoms with Crippen molar-refractivity contribution < 1.29 is 24.9 Å². The molecule has 4 aromatic rings. The molecule has 0 saturated heterocycles. The Bertz CT molecular complexity index is 1590. The standard InChI is InChI=1S/C42H55N3O5/c1-30(2)45(31(3)4)24-22-37(34-11-6-5-7-12-34)38-26-33(15-19-40(38)47)10-8-9-25-50-36-17-13-32(14-18-36)21-23-43-28-42(49)35-16-20-41(48)39(27-35)44-29-46/h5-7,11-20,26-27,29-31,37,42-43,47-49H,8-10,21-25,28H2,1-4H3,(H,44,46)/t37-,42+/m1/s1. The zero-order valence-corrected chi connectivity index (χ0v) is 30.0. The lowest BCUT2D eigenvalue weighted by atomic mass is 9.86. The third kappa shape index (κ3) is 11.6. The average molecular weight is 682 g/mol. The van der Waals surface area contributed by atoms with Crippen molar-refractivity contribution in [1.82, 2.24) is 10.2 Å². The summed E-state index contributed by atoms with van der Waals surface area (Å²) in [4.78, 5) is 13.2. The number of carbonyl (C=O) groups is 1. The van der Waals surface area contributed by atoms with Crippen LogP contribution < -0.4 is 15.4 Å². The maximum absolute atomic E-state index is 11.0. The number of ether oxygens (including phenoxy) is 1. The molecule has 1 amide bonds. The minimum absolute atomic E-state index is 0.0460. The van der Waals surface area contributed by atoms with E-state index < -0.39 is 6.10 Å². The molecule has 0 unspecified atom stereocenters. The molecule has 0 aromatic heterocycles. The van der Waals surface area contributed by atoms with Gasteiger partial charge < -0.3 is 30.7 Å². The van der Waals surface area contributed by atoms with E-state index >= 15 is 0 Å². The van der Waals surface area contributed by atoms with Crippen LogP contribution in [-0.4, -0.2) is 65.0 Å². The van der Waals surface area contributed by atoms with Gasteiger partial charge in [0.25, 0.3) is 0 Å². The number of rotatable bonds is 21. The van der Waals surface area contributed by atoms with Crippen molar-refractivity contribution in [3.63, 3.8) is 0 Å². The Hall–Kier alpha value is -4.37. The monoisotopic (exact) mass is 681 g/mol. The first-order valence-corrected chi connectivity index (χ1v) is 17.9. The summed E-state index contributed by atoms with van der Waals surface area (Å²) >= 11 is 0. The molecule has 4 aromatic carbocycles. The SMILES string of the molecule is CC(C)N(CC[C@H](c1ccccc1)c1cc(CCCCOc2ccc(CCNC[C@H](O)c3ccc(O)c(NC=O)c3)cc2)ccc1O)C(C)C. The van der Waals surface area contributed by atoms with Crippen LogP contribution in [0.2, 0.25) is 0 Å². The number of nitrogens with zero attached hydrogens (tertiary/aromatic N) is 1. The zero-order valence-electron chi connectivity index (χ0n) is 30.0. The normalized spacial score (nSPS) is 12.7. The predicted octanol–water partition coefficient (Wildman–Crippen LogP) is 7.57. The second-order valence-electron chi connectivity index (χ2n) is 13.5. The van der Waals surface area contributed by atoms with E-state index in [2.05, 4.69) is 85.7 Å². The van der Waals surface area contributed by atoms with Crippen LogP contribution in [0.15, 0.2) is 91.0 Å². The number of aliphatic hydroxyl groups is 1. The Morgan fingerprint density at radius 1 is 0.780 bits per heavy atom. The molecule has 8 nitrogen and oxygen atoms in total. The summed E-state index contributed by atoms with van der Waals surface area (Å²) in [7, 11) is 0. The van der Waals surface area contributed by atoms with Gasteiger partial charge in [-0.15, -0.1) is 0 Å². The molecule has 4 rings (SSSR count). The van der Waals surface area contributed by atoms with Gasteiger partial charge in [-0.2, -0.15) is 0 Å². The topological polar surface area (TPSA) is 114 Å². The maximum atomic E-state index is 11.0. The van der Waals surface area contributed by atoms with Crippen LogP contribution in [0.25, 0.3) is 0 Å². The number of carbonyl (C=O) groups excluding carboxylic acids is 1. The van der Waals surface area contributed by atoms with E-state index in [1.54, 1.807) is 12.1 Å². The summed E-state index contributed by atoms with van der Waals surface area (Å²) in [6.07, 6.45) is 4.30. The number of hydrogen-bond acceptors (Lipinski definition) is 7. The van der Waals surface area contributed by atoms with Crippen molar-refractivity contribution in [2.24, 2.45) is 0 Å². The number of phenolic OH excluding ortho intramolecular Hbond substituents is 2. The number of phenols is 2. The molecular weight excluding hydrogens is 626 g/mol. The fraction of sp³-hybridized carbons (Fsp3) is 0.405. The summed E-state index contributed by atoms with van der Waals surface area (Å²) in [5.41, 5.74) is 5.51. The van der Waals surface area contributed by atoms with E-state index in [9.17, 15) is 20.1 Å². The molecule has 0 heterocycles. The quantitative estimate of drug-likeness (QED) is 0.0350. The minimum Gasteiger partial charge on any atom is -0.508 e. The Morgan fingerprint density at radius 2 is 1.48 bits per heavy atom. The number of benzene rings is 4. The second-order valence-corrected chi connectivity index (χ2v) is 13.5. The first-order chi connectivity index (χ1) is 24.2. The molecule has 0 bridgehead atoms. The van der Waals surface area contributed by atoms with Gasteiger partial charge in [-0.3, -0.25) is 9.69 Å². The average Bonchev–Trinajstić information content (AvgIpc) is 3.11. The third-order valence-corrected chi connectivity index (χ3v) is 9.27. The van der Waals surface area contributed by atoms with Crippen LogP contribution in [0.3, 0.4) is 0 Å². The largest absolute Gasteiger partial charge is 0.508 e. The summed E-state index contributed by atoms with van der Waals surface area (Å²) in [6, 6.07) is 30.4. The van der Waals surface area contributed by atoms with Crippen molar-refractivity contribution in [1.29, 1.82) is 0 Å². The lowest BCUT2D eigenvalue weighted by molar-refractivity contribution is -0.105. The van der Waals surface area contributed by atoms with Crippen molar-refractivity contribution in [2.75, 3.05) is 31.6 Å². The van der Waals surface area contributed by atoms with Crippen LogP contribution in [0.5, 0.6) is 17.2 Å². The van der Waals surface area contributed by atoms with Crippen LogP contribution in [0.4, 0.5) is 5.69 Å². The molecule has 0 spiro atoms. The number of aryl methyl sites for hydroxylation is 1. The number of unbranched alkanes of at least 4 members (excludes halogenated alkanes) is 1. The highest BCUT2D eigenvalue weighted by Gasteiger charge is 2.22. The Labute approximate surface area is 298 Å². The molecule has 5 N–H and O–H groups in total. The van der Waals surface area contributed by atoms with Gasteiger partial charge in [-0.05, 0) is 125 Å². The van der Waals surface area contributed by atoms with E-state index in [-0.39, 0.29) is 17.4 Å². The third-order valence-electron chi connectivity index (χ3n) is 9.27. The fourth-order valence-electron chi connectivity index (χ4n) is 6.52. The zero-order chi connectivity index (χ0) is 35.9. The van der Waals surface area contributed by atoms with Crippen LogP contribution in [0.1, 0.15) is 86.8 Å². The van der Waals surface area contributed by atoms with Crippen molar-refractivity contribution in [3.05, 3.63) is 119 Å². The van der Waals surface area contributed by atoms with Crippen molar-refractivity contribution in [2.45, 2.75) is 83.9 Å². The predicted molar refractivity (Wildman–Crippen MR) is 202 cm³/mol. The van der Waals surface area contributed by atoms with Gasteiger partial charge in [-0.25, -0.2) is 0 Å².